The van der Waals surface area contributed by atoms with Gasteiger partial charge in [-0.15, -0.1) is 12.4 Å². The number of nitrogens with zero attached hydrogens (tertiary/aromatic N) is 1. The van der Waals surface area contributed by atoms with Crippen LogP contribution in [0.25, 0.3) is 0 Å². The lowest BCUT2D eigenvalue weighted by Gasteiger charge is -2.11. The van der Waals surface area contributed by atoms with Crippen molar-refractivity contribution in [1.29, 1.82) is 0 Å². The molecule has 1 aromatic rings. The molecule has 1 aliphatic heterocycles. The molecule has 0 atom stereocenters. The van der Waals surface area contributed by atoms with Gasteiger partial charge in [0, 0.05) is 20.0 Å². The summed E-state index contributed by atoms with van der Waals surface area (Å²) in [6, 6.07) is 3.98. The van der Waals surface area contributed by atoms with Gasteiger partial charge in [-0.05, 0) is 44.0 Å². The minimum atomic E-state index is 0. The molecule has 2 rings (SSSR count). The van der Waals surface area contributed by atoms with E-state index in [2.05, 4.69) is 63.4 Å². The molecule has 0 saturated carbocycles. The molecule has 1 aliphatic rings. The van der Waals surface area contributed by atoms with E-state index in [1.54, 1.807) is 0 Å². The summed E-state index contributed by atoms with van der Waals surface area (Å²) in [6.07, 6.45) is 0. The van der Waals surface area contributed by atoms with E-state index >= 15 is 0 Å². The zero-order chi connectivity index (χ0) is 10.8. The van der Waals surface area contributed by atoms with E-state index in [-0.39, 0.29) is 12.4 Å². The van der Waals surface area contributed by atoms with E-state index < -0.39 is 0 Å². The highest BCUT2D eigenvalue weighted by Crippen LogP contribution is 2.34. The average molecular weight is 434 g/mol. The molecule has 0 unspecified atom stereocenters. The van der Waals surface area contributed by atoms with Crippen LogP contribution < -0.4 is 10.6 Å². The summed E-state index contributed by atoms with van der Waals surface area (Å²) in [4.78, 5) is 4.28. The minimum Gasteiger partial charge on any atom is -0.354 e. The highest BCUT2D eigenvalue weighted by Gasteiger charge is 2.11. The summed E-state index contributed by atoms with van der Waals surface area (Å²) in [5.41, 5.74) is 0.978. The number of hydrogen-bond acceptors (Lipinski definition) is 3. The third-order valence-corrected chi connectivity index (χ3v) is 3.63. The van der Waals surface area contributed by atoms with Crippen LogP contribution in [-0.2, 0) is 0 Å². The highest BCUT2D eigenvalue weighted by molar-refractivity contribution is 9.11. The quantitative estimate of drug-likeness (QED) is 0.706. The Morgan fingerprint density at radius 2 is 1.81 bits per heavy atom. The van der Waals surface area contributed by atoms with Crippen LogP contribution in [0.2, 0.25) is 0 Å². The van der Waals surface area contributed by atoms with Crippen LogP contribution in [0, 0.1) is 0 Å². The van der Waals surface area contributed by atoms with Crippen molar-refractivity contribution in [2.75, 3.05) is 18.4 Å². The molecule has 3 nitrogen and oxygen atoms in total. The van der Waals surface area contributed by atoms with Crippen molar-refractivity contribution in [1.82, 2.24) is 5.32 Å². The first-order chi connectivity index (χ1) is 7.16. The van der Waals surface area contributed by atoms with Crippen LogP contribution in [0.15, 0.2) is 30.5 Å². The number of benzene rings is 1. The van der Waals surface area contributed by atoms with Gasteiger partial charge >= 0.3 is 0 Å². The Bertz CT molecular complexity index is 399. The summed E-state index contributed by atoms with van der Waals surface area (Å²) >= 11 is 10.4. The Labute approximate surface area is 125 Å². The normalized spacial score (nSPS) is 13.8. The monoisotopic (exact) mass is 431 g/mol. The molecule has 1 aromatic carbocycles. The predicted octanol–water partition coefficient (Wildman–Crippen LogP) is 3.77. The Hall–Kier alpha value is 0.220. The van der Waals surface area contributed by atoms with Crippen LogP contribution in [0.5, 0.6) is 0 Å². The van der Waals surface area contributed by atoms with Crippen molar-refractivity contribution in [2.24, 2.45) is 4.99 Å². The number of hydrogen-bond donors (Lipinski definition) is 2. The van der Waals surface area contributed by atoms with Crippen LogP contribution in [0.4, 0.5) is 5.69 Å². The summed E-state index contributed by atoms with van der Waals surface area (Å²) < 4.78 is 2.99. The van der Waals surface area contributed by atoms with Gasteiger partial charge in [-0.3, -0.25) is 4.99 Å². The van der Waals surface area contributed by atoms with Gasteiger partial charge in [0.25, 0.3) is 0 Å². The van der Waals surface area contributed by atoms with Crippen LogP contribution in [0.3, 0.4) is 0 Å². The molecule has 7 heteroatoms. The largest absolute Gasteiger partial charge is 0.354 e. The average Bonchev–Trinajstić information content (AvgIpc) is 2.63. The van der Waals surface area contributed by atoms with E-state index in [1.807, 2.05) is 12.1 Å². The Kier molecular flexibility index (Phi) is 5.56. The molecule has 16 heavy (non-hydrogen) atoms. The molecular weight excluding hydrogens is 425 g/mol. The lowest BCUT2D eigenvalue weighted by atomic mass is 10.3. The molecule has 0 bridgehead atoms. The van der Waals surface area contributed by atoms with E-state index in [0.29, 0.717) is 0 Å². The van der Waals surface area contributed by atoms with Crippen molar-refractivity contribution in [3.05, 3.63) is 25.6 Å². The molecule has 0 radical (unpaired) electrons. The first-order valence-corrected chi connectivity index (χ1v) is 6.74. The number of guanidine groups is 1. The summed E-state index contributed by atoms with van der Waals surface area (Å²) in [6.45, 7) is 1.72. The molecule has 0 amide bonds. The van der Waals surface area contributed by atoms with E-state index in [4.69, 9.17) is 0 Å². The third-order valence-electron chi connectivity index (χ3n) is 1.92. The van der Waals surface area contributed by atoms with Gasteiger partial charge in [0.1, 0.15) is 0 Å². The lowest BCUT2D eigenvalue weighted by Crippen LogP contribution is -2.26. The van der Waals surface area contributed by atoms with Gasteiger partial charge in [-0.25, -0.2) is 0 Å². The minimum absolute atomic E-state index is 0. The molecule has 0 spiro atoms. The highest BCUT2D eigenvalue weighted by atomic mass is 79.9. The van der Waals surface area contributed by atoms with Gasteiger partial charge in [0.05, 0.1) is 12.2 Å². The summed E-state index contributed by atoms with van der Waals surface area (Å²) in [5.74, 6) is 0.818. The second-order valence-electron chi connectivity index (χ2n) is 3.03. The topological polar surface area (TPSA) is 36.4 Å². The molecule has 0 aliphatic carbocycles. The van der Waals surface area contributed by atoms with Gasteiger partial charge in [-0.1, -0.05) is 15.9 Å². The fraction of sp³-hybridized carbons (Fsp3) is 0.222. The number of nitrogens with one attached hydrogen (secondary N) is 2. The summed E-state index contributed by atoms with van der Waals surface area (Å²) in [7, 11) is 0. The first-order valence-electron chi connectivity index (χ1n) is 4.37. The fourth-order valence-electron chi connectivity index (χ4n) is 1.26. The van der Waals surface area contributed by atoms with Crippen LogP contribution >= 0.6 is 60.2 Å². The number of rotatable bonds is 1. The van der Waals surface area contributed by atoms with Gasteiger partial charge in [-0.2, -0.15) is 0 Å². The molecular formula is C9H9Br3ClN3. The molecule has 1 heterocycles. The van der Waals surface area contributed by atoms with Crippen molar-refractivity contribution >= 4 is 71.8 Å². The van der Waals surface area contributed by atoms with Crippen molar-refractivity contribution in [2.45, 2.75) is 0 Å². The standard InChI is InChI=1S/C9H8Br3N3.ClH/c10-5-3-6(11)8(7(12)4-5)15-9-13-1-2-14-9;/h3-4H,1-2H2,(H2,13,14,15);1H. The zero-order valence-electron chi connectivity index (χ0n) is 8.06. The fourth-order valence-corrected chi connectivity index (χ4v) is 3.72. The zero-order valence-corrected chi connectivity index (χ0v) is 13.6. The molecule has 88 valence electrons. The second kappa shape index (κ2) is 6.23. The van der Waals surface area contributed by atoms with Crippen molar-refractivity contribution in [3.8, 4) is 0 Å². The van der Waals surface area contributed by atoms with E-state index in [1.165, 1.54) is 0 Å². The van der Waals surface area contributed by atoms with Crippen LogP contribution in [-0.4, -0.2) is 19.0 Å². The Morgan fingerprint density at radius 1 is 1.19 bits per heavy atom. The first kappa shape index (κ1) is 14.3. The van der Waals surface area contributed by atoms with Gasteiger partial charge < -0.3 is 10.6 Å². The maximum Gasteiger partial charge on any atom is 0.195 e. The smallest absolute Gasteiger partial charge is 0.195 e. The predicted molar refractivity (Wildman–Crippen MR) is 80.7 cm³/mol. The van der Waals surface area contributed by atoms with Crippen molar-refractivity contribution in [3.63, 3.8) is 0 Å². The number of anilines is 1. The van der Waals surface area contributed by atoms with E-state index in [0.717, 1.165) is 38.2 Å². The van der Waals surface area contributed by atoms with Crippen LogP contribution in [0.1, 0.15) is 0 Å². The third kappa shape index (κ3) is 3.35. The maximum atomic E-state index is 4.28. The molecule has 0 saturated heterocycles. The summed E-state index contributed by atoms with van der Waals surface area (Å²) in [5, 5.41) is 6.39. The van der Waals surface area contributed by atoms with Gasteiger partial charge in [0.15, 0.2) is 5.96 Å². The number of halogens is 4. The van der Waals surface area contributed by atoms with E-state index in [9.17, 15) is 0 Å². The SMILES string of the molecule is Brc1cc(Br)c(NC2=NCCN2)c(Br)c1.Cl. The Balaban J connectivity index is 0.00000128. The molecule has 2 N–H and O–H groups in total. The molecule has 0 aromatic heterocycles. The second-order valence-corrected chi connectivity index (χ2v) is 5.65. The van der Waals surface area contributed by atoms with Gasteiger partial charge in [0.2, 0.25) is 0 Å². The Morgan fingerprint density at radius 3 is 2.31 bits per heavy atom. The lowest BCUT2D eigenvalue weighted by molar-refractivity contribution is 0.959. The maximum absolute atomic E-state index is 4.28. The number of aliphatic imine (C=N–C) groups is 1. The van der Waals surface area contributed by atoms with Crippen molar-refractivity contribution < 1.29 is 0 Å². The molecule has 0 fully saturated rings.